The van der Waals surface area contributed by atoms with E-state index < -0.39 is 0 Å². The quantitative estimate of drug-likeness (QED) is 0.546. The fraction of sp³-hybridized carbons (Fsp3) is 0.455. The summed E-state index contributed by atoms with van der Waals surface area (Å²) in [5.74, 6) is -0.254. The summed E-state index contributed by atoms with van der Waals surface area (Å²) >= 11 is 0. The fourth-order valence-electron chi connectivity index (χ4n) is 3.03. The first-order valence-electron chi connectivity index (χ1n) is 9.74. The van der Waals surface area contributed by atoms with Crippen LogP contribution in [0.25, 0.3) is 0 Å². The lowest BCUT2D eigenvalue weighted by Crippen LogP contribution is -2.44. The number of rotatable bonds is 12. The number of benzene rings is 1. The van der Waals surface area contributed by atoms with Crippen molar-refractivity contribution < 1.29 is 19.1 Å². The Kier molecular flexibility index (Phi) is 9.40. The molecule has 2 amide bonds. The third kappa shape index (κ3) is 7.36. The normalized spacial score (nSPS) is 10.7. The molecule has 29 heavy (non-hydrogen) atoms. The largest absolute Gasteiger partial charge is 0.383 e. The summed E-state index contributed by atoms with van der Waals surface area (Å²) in [7, 11) is 3.19. The van der Waals surface area contributed by atoms with Crippen molar-refractivity contribution in [2.45, 2.75) is 20.0 Å². The van der Waals surface area contributed by atoms with Crippen LogP contribution in [0.2, 0.25) is 0 Å². The standard InChI is InChI=1S/C22H31N3O4/c1-19(26)23(12-14-28-2)18-22(27)25(13-15-29-3)17-21-10-7-11-24(21)16-20-8-5-4-6-9-20/h4-11H,12-18H2,1-3H3. The van der Waals surface area contributed by atoms with Crippen LogP contribution >= 0.6 is 0 Å². The molecule has 0 bridgehead atoms. The molecule has 0 radical (unpaired) electrons. The van der Waals surface area contributed by atoms with Crippen molar-refractivity contribution in [1.82, 2.24) is 14.4 Å². The Morgan fingerprint density at radius 3 is 2.21 bits per heavy atom. The van der Waals surface area contributed by atoms with E-state index in [1.165, 1.54) is 17.4 Å². The molecule has 0 aliphatic rings. The maximum absolute atomic E-state index is 12.9. The van der Waals surface area contributed by atoms with Crippen molar-refractivity contribution in [2.24, 2.45) is 0 Å². The third-order valence-electron chi connectivity index (χ3n) is 4.73. The van der Waals surface area contributed by atoms with E-state index >= 15 is 0 Å². The molecule has 2 aromatic rings. The van der Waals surface area contributed by atoms with Crippen LogP contribution in [0.15, 0.2) is 48.7 Å². The maximum atomic E-state index is 12.9. The molecule has 7 heteroatoms. The minimum Gasteiger partial charge on any atom is -0.383 e. The predicted octanol–water partition coefficient (Wildman–Crippen LogP) is 2.01. The lowest BCUT2D eigenvalue weighted by Gasteiger charge is -2.27. The van der Waals surface area contributed by atoms with Crippen LogP contribution in [-0.2, 0) is 32.2 Å². The summed E-state index contributed by atoms with van der Waals surface area (Å²) in [5.41, 5.74) is 2.23. The highest BCUT2D eigenvalue weighted by Gasteiger charge is 2.20. The molecule has 0 saturated carbocycles. The molecule has 0 N–H and O–H groups in total. The molecule has 7 nitrogen and oxygen atoms in total. The first-order valence-corrected chi connectivity index (χ1v) is 9.74. The number of amides is 2. The van der Waals surface area contributed by atoms with Crippen LogP contribution in [0.4, 0.5) is 0 Å². The van der Waals surface area contributed by atoms with E-state index in [0.717, 1.165) is 12.2 Å². The molecule has 1 heterocycles. The van der Waals surface area contributed by atoms with Gasteiger partial charge in [-0.25, -0.2) is 0 Å². The fourth-order valence-corrected chi connectivity index (χ4v) is 3.03. The summed E-state index contributed by atoms with van der Waals surface area (Å²) in [6.07, 6.45) is 2.02. The van der Waals surface area contributed by atoms with Gasteiger partial charge in [0.25, 0.3) is 0 Å². The SMILES string of the molecule is COCCN(CC(=O)N(CCOC)Cc1cccn1Cc1ccccc1)C(C)=O. The second-order valence-electron chi connectivity index (χ2n) is 6.85. The van der Waals surface area contributed by atoms with E-state index in [1.54, 1.807) is 19.1 Å². The first kappa shape index (κ1) is 22.6. The smallest absolute Gasteiger partial charge is 0.242 e. The predicted molar refractivity (Wildman–Crippen MR) is 111 cm³/mol. The topological polar surface area (TPSA) is 64.0 Å². The summed E-state index contributed by atoms with van der Waals surface area (Å²) in [6.45, 7) is 4.37. The number of methoxy groups -OCH3 is 2. The molecular weight excluding hydrogens is 370 g/mol. The Labute approximate surface area is 172 Å². The minimum absolute atomic E-state index is 0.0296. The molecule has 1 aromatic carbocycles. The highest BCUT2D eigenvalue weighted by atomic mass is 16.5. The van der Waals surface area contributed by atoms with Crippen LogP contribution in [-0.4, -0.2) is 73.2 Å². The summed E-state index contributed by atoms with van der Waals surface area (Å²) < 4.78 is 12.4. The van der Waals surface area contributed by atoms with Crippen molar-refractivity contribution in [3.8, 4) is 0 Å². The number of ether oxygens (including phenoxy) is 2. The van der Waals surface area contributed by atoms with Gasteiger partial charge in [-0.05, 0) is 17.7 Å². The Balaban J connectivity index is 2.09. The number of hydrogen-bond donors (Lipinski definition) is 0. The lowest BCUT2D eigenvalue weighted by molar-refractivity contribution is -0.140. The second kappa shape index (κ2) is 12.0. The van der Waals surface area contributed by atoms with E-state index in [9.17, 15) is 9.59 Å². The van der Waals surface area contributed by atoms with Gasteiger partial charge in [0.1, 0.15) is 0 Å². The van der Waals surface area contributed by atoms with Gasteiger partial charge in [-0.1, -0.05) is 30.3 Å². The first-order chi connectivity index (χ1) is 14.0. The van der Waals surface area contributed by atoms with Gasteiger partial charge in [0, 0.05) is 52.7 Å². The van der Waals surface area contributed by atoms with Crippen molar-refractivity contribution >= 4 is 11.8 Å². The number of nitrogens with zero attached hydrogens (tertiary/aromatic N) is 3. The minimum atomic E-state index is -0.144. The molecular formula is C22H31N3O4. The van der Waals surface area contributed by atoms with Crippen LogP contribution in [0.1, 0.15) is 18.2 Å². The molecule has 0 atom stereocenters. The van der Waals surface area contributed by atoms with Gasteiger partial charge in [-0.3, -0.25) is 9.59 Å². The van der Waals surface area contributed by atoms with Gasteiger partial charge in [-0.2, -0.15) is 0 Å². The summed E-state index contributed by atoms with van der Waals surface area (Å²) in [5, 5.41) is 0. The van der Waals surface area contributed by atoms with Gasteiger partial charge < -0.3 is 23.8 Å². The van der Waals surface area contributed by atoms with Crippen molar-refractivity contribution in [1.29, 1.82) is 0 Å². The van der Waals surface area contributed by atoms with E-state index in [0.29, 0.717) is 32.8 Å². The van der Waals surface area contributed by atoms with Crippen molar-refractivity contribution in [3.05, 3.63) is 59.9 Å². The molecule has 0 saturated heterocycles. The molecule has 0 fully saturated rings. The van der Waals surface area contributed by atoms with Crippen LogP contribution < -0.4 is 0 Å². The van der Waals surface area contributed by atoms with E-state index in [4.69, 9.17) is 9.47 Å². The molecule has 0 spiro atoms. The highest BCUT2D eigenvalue weighted by molar-refractivity contribution is 5.83. The molecule has 0 aliphatic carbocycles. The Bertz CT molecular complexity index is 760. The zero-order chi connectivity index (χ0) is 21.1. The zero-order valence-electron chi connectivity index (χ0n) is 17.5. The molecule has 2 rings (SSSR count). The van der Waals surface area contributed by atoms with Gasteiger partial charge in [0.15, 0.2) is 0 Å². The van der Waals surface area contributed by atoms with Gasteiger partial charge in [0.2, 0.25) is 11.8 Å². The Morgan fingerprint density at radius 2 is 1.59 bits per heavy atom. The number of carbonyl (C=O) groups excluding carboxylic acids is 2. The zero-order valence-corrected chi connectivity index (χ0v) is 17.5. The third-order valence-corrected chi connectivity index (χ3v) is 4.73. The van der Waals surface area contributed by atoms with Gasteiger partial charge in [-0.15, -0.1) is 0 Å². The average Bonchev–Trinajstić information content (AvgIpc) is 3.15. The van der Waals surface area contributed by atoms with Crippen LogP contribution in [0.3, 0.4) is 0 Å². The Morgan fingerprint density at radius 1 is 0.931 bits per heavy atom. The lowest BCUT2D eigenvalue weighted by atomic mass is 10.2. The van der Waals surface area contributed by atoms with Crippen molar-refractivity contribution in [3.63, 3.8) is 0 Å². The molecule has 1 aromatic heterocycles. The van der Waals surface area contributed by atoms with Crippen LogP contribution in [0, 0.1) is 0 Å². The highest BCUT2D eigenvalue weighted by Crippen LogP contribution is 2.11. The van der Waals surface area contributed by atoms with Gasteiger partial charge >= 0.3 is 0 Å². The van der Waals surface area contributed by atoms with Crippen molar-refractivity contribution in [2.75, 3.05) is 47.1 Å². The summed E-state index contributed by atoms with van der Waals surface area (Å²) in [6, 6.07) is 14.2. The molecule has 158 valence electrons. The number of hydrogen-bond acceptors (Lipinski definition) is 4. The average molecular weight is 402 g/mol. The van der Waals surface area contributed by atoms with E-state index in [-0.39, 0.29) is 18.4 Å². The van der Waals surface area contributed by atoms with Gasteiger partial charge in [0.05, 0.1) is 26.3 Å². The van der Waals surface area contributed by atoms with E-state index in [1.807, 2.05) is 36.5 Å². The maximum Gasteiger partial charge on any atom is 0.242 e. The monoisotopic (exact) mass is 401 g/mol. The molecule has 0 aliphatic heterocycles. The number of aromatic nitrogens is 1. The molecule has 0 unspecified atom stereocenters. The summed E-state index contributed by atoms with van der Waals surface area (Å²) in [4.78, 5) is 28.1. The van der Waals surface area contributed by atoms with Crippen LogP contribution in [0.5, 0.6) is 0 Å². The second-order valence-corrected chi connectivity index (χ2v) is 6.85. The Hall–Kier alpha value is -2.64. The van der Waals surface area contributed by atoms with E-state index in [2.05, 4.69) is 16.7 Å². The number of carbonyl (C=O) groups is 2.